The molecular weight excluding hydrogens is 328 g/mol. The topological polar surface area (TPSA) is 57.7 Å². The van der Waals surface area contributed by atoms with E-state index >= 15 is 0 Å². The molecule has 26 heavy (non-hydrogen) atoms. The SMILES string of the molecule is O=C(Nc1ccc(N2CCOCC2)cc1)c1cccnc1N1CCCC1. The lowest BCUT2D eigenvalue weighted by atomic mass is 10.2. The minimum absolute atomic E-state index is 0.112. The van der Waals surface area contributed by atoms with E-state index < -0.39 is 0 Å². The summed E-state index contributed by atoms with van der Waals surface area (Å²) in [5, 5.41) is 3.00. The van der Waals surface area contributed by atoms with E-state index in [1.807, 2.05) is 36.4 Å². The quantitative estimate of drug-likeness (QED) is 0.917. The summed E-state index contributed by atoms with van der Waals surface area (Å²) in [5.74, 6) is 0.673. The van der Waals surface area contributed by atoms with Crippen LogP contribution in [0.15, 0.2) is 42.6 Å². The van der Waals surface area contributed by atoms with E-state index in [1.54, 1.807) is 6.20 Å². The lowest BCUT2D eigenvalue weighted by Crippen LogP contribution is -2.36. The fourth-order valence-electron chi connectivity index (χ4n) is 3.53. The molecular formula is C20H24N4O2. The third kappa shape index (κ3) is 3.65. The van der Waals surface area contributed by atoms with E-state index in [4.69, 9.17) is 4.74 Å². The van der Waals surface area contributed by atoms with Gasteiger partial charge in [-0.2, -0.15) is 0 Å². The van der Waals surface area contributed by atoms with Crippen molar-refractivity contribution >= 4 is 23.1 Å². The van der Waals surface area contributed by atoms with Crippen LogP contribution < -0.4 is 15.1 Å². The average molecular weight is 352 g/mol. The maximum Gasteiger partial charge on any atom is 0.259 e. The maximum atomic E-state index is 12.8. The van der Waals surface area contributed by atoms with E-state index in [0.29, 0.717) is 5.56 Å². The van der Waals surface area contributed by atoms with Gasteiger partial charge in [0.1, 0.15) is 5.82 Å². The van der Waals surface area contributed by atoms with Gasteiger partial charge in [-0.05, 0) is 49.2 Å². The second-order valence-electron chi connectivity index (χ2n) is 6.67. The number of hydrogen-bond acceptors (Lipinski definition) is 5. The van der Waals surface area contributed by atoms with Crippen LogP contribution in [0.1, 0.15) is 23.2 Å². The smallest absolute Gasteiger partial charge is 0.259 e. The number of anilines is 3. The number of hydrogen-bond donors (Lipinski definition) is 1. The van der Waals surface area contributed by atoms with Gasteiger partial charge in [0.25, 0.3) is 5.91 Å². The number of pyridine rings is 1. The Morgan fingerprint density at radius 2 is 1.69 bits per heavy atom. The van der Waals surface area contributed by atoms with E-state index in [1.165, 1.54) is 0 Å². The fraction of sp³-hybridized carbons (Fsp3) is 0.400. The lowest BCUT2D eigenvalue weighted by molar-refractivity contribution is 0.102. The van der Waals surface area contributed by atoms with Gasteiger partial charge < -0.3 is 19.9 Å². The molecule has 2 fully saturated rings. The van der Waals surface area contributed by atoms with E-state index in [9.17, 15) is 4.79 Å². The van der Waals surface area contributed by atoms with Gasteiger partial charge >= 0.3 is 0 Å². The summed E-state index contributed by atoms with van der Waals surface area (Å²) in [4.78, 5) is 21.7. The third-order valence-corrected chi connectivity index (χ3v) is 4.94. The van der Waals surface area contributed by atoms with Crippen LogP contribution in [0.25, 0.3) is 0 Å². The molecule has 136 valence electrons. The Balaban J connectivity index is 1.46. The first-order chi connectivity index (χ1) is 12.8. The summed E-state index contributed by atoms with van der Waals surface area (Å²) in [5.41, 5.74) is 2.58. The van der Waals surface area contributed by atoms with Crippen molar-refractivity contribution in [3.8, 4) is 0 Å². The number of carbonyl (C=O) groups is 1. The molecule has 0 aliphatic carbocycles. The van der Waals surface area contributed by atoms with E-state index in [-0.39, 0.29) is 5.91 Å². The number of morpholine rings is 1. The molecule has 1 amide bonds. The number of amides is 1. The van der Waals surface area contributed by atoms with Crippen LogP contribution in [0.2, 0.25) is 0 Å². The van der Waals surface area contributed by atoms with Gasteiger partial charge in [-0.15, -0.1) is 0 Å². The molecule has 0 spiro atoms. The van der Waals surface area contributed by atoms with Crippen LogP contribution in [0.3, 0.4) is 0 Å². The van der Waals surface area contributed by atoms with Crippen molar-refractivity contribution in [1.29, 1.82) is 0 Å². The number of nitrogens with one attached hydrogen (secondary N) is 1. The van der Waals surface area contributed by atoms with Gasteiger partial charge in [-0.3, -0.25) is 4.79 Å². The normalized spacial score (nSPS) is 17.4. The first-order valence-corrected chi connectivity index (χ1v) is 9.25. The highest BCUT2D eigenvalue weighted by atomic mass is 16.5. The number of aromatic nitrogens is 1. The molecule has 0 unspecified atom stereocenters. The summed E-state index contributed by atoms with van der Waals surface area (Å²) < 4.78 is 5.39. The zero-order valence-corrected chi connectivity index (χ0v) is 14.9. The van der Waals surface area contributed by atoms with Crippen LogP contribution in [0.4, 0.5) is 17.2 Å². The molecule has 4 rings (SSSR count). The molecule has 2 aliphatic heterocycles. The third-order valence-electron chi connectivity index (χ3n) is 4.94. The molecule has 6 nitrogen and oxygen atoms in total. The Hall–Kier alpha value is -2.60. The molecule has 0 saturated carbocycles. The van der Waals surface area contributed by atoms with Gasteiger partial charge in [0.2, 0.25) is 0 Å². The Morgan fingerprint density at radius 3 is 2.42 bits per heavy atom. The summed E-state index contributed by atoms with van der Waals surface area (Å²) in [6.45, 7) is 5.26. The van der Waals surface area contributed by atoms with Crippen LogP contribution in [-0.4, -0.2) is 50.3 Å². The Kier molecular flexibility index (Phi) is 5.02. The Morgan fingerprint density at radius 1 is 0.962 bits per heavy atom. The van der Waals surface area contributed by atoms with E-state index in [0.717, 1.165) is 69.4 Å². The minimum Gasteiger partial charge on any atom is -0.378 e. The van der Waals surface area contributed by atoms with Gasteiger partial charge in [-0.1, -0.05) is 0 Å². The fourth-order valence-corrected chi connectivity index (χ4v) is 3.53. The van der Waals surface area contributed by atoms with Crippen molar-refractivity contribution in [2.24, 2.45) is 0 Å². The second-order valence-corrected chi connectivity index (χ2v) is 6.67. The number of nitrogens with zero attached hydrogens (tertiary/aromatic N) is 3. The van der Waals surface area contributed by atoms with Crippen molar-refractivity contribution in [2.45, 2.75) is 12.8 Å². The lowest BCUT2D eigenvalue weighted by Gasteiger charge is -2.28. The predicted molar refractivity (Wildman–Crippen MR) is 103 cm³/mol. The molecule has 2 saturated heterocycles. The van der Waals surface area contributed by atoms with Crippen molar-refractivity contribution in [3.05, 3.63) is 48.2 Å². The molecule has 2 aromatic rings. The van der Waals surface area contributed by atoms with Crippen LogP contribution >= 0.6 is 0 Å². The summed E-state index contributed by atoms with van der Waals surface area (Å²) in [6.07, 6.45) is 4.06. The predicted octanol–water partition coefficient (Wildman–Crippen LogP) is 2.77. The van der Waals surface area contributed by atoms with Crippen molar-refractivity contribution in [1.82, 2.24) is 4.98 Å². The van der Waals surface area contributed by atoms with Crippen LogP contribution in [0.5, 0.6) is 0 Å². The van der Waals surface area contributed by atoms with Crippen LogP contribution in [-0.2, 0) is 4.74 Å². The Labute approximate surface area is 153 Å². The van der Waals surface area contributed by atoms with Crippen molar-refractivity contribution in [2.75, 3.05) is 54.5 Å². The molecule has 1 aromatic heterocycles. The molecule has 2 aliphatic rings. The number of carbonyl (C=O) groups excluding carboxylic acids is 1. The number of rotatable bonds is 4. The van der Waals surface area contributed by atoms with Gasteiger partial charge in [0, 0.05) is 43.8 Å². The monoisotopic (exact) mass is 352 g/mol. The average Bonchev–Trinajstić information content (AvgIpc) is 3.24. The van der Waals surface area contributed by atoms with E-state index in [2.05, 4.69) is 20.1 Å². The molecule has 0 atom stereocenters. The molecule has 1 aromatic carbocycles. The highest BCUT2D eigenvalue weighted by Crippen LogP contribution is 2.24. The van der Waals surface area contributed by atoms with Crippen molar-refractivity contribution < 1.29 is 9.53 Å². The summed E-state index contributed by atoms with van der Waals surface area (Å²) >= 11 is 0. The minimum atomic E-state index is -0.112. The zero-order valence-electron chi connectivity index (χ0n) is 14.9. The zero-order chi connectivity index (χ0) is 17.8. The second kappa shape index (κ2) is 7.74. The first kappa shape index (κ1) is 16.8. The number of benzene rings is 1. The highest BCUT2D eigenvalue weighted by Gasteiger charge is 2.20. The summed E-state index contributed by atoms with van der Waals surface area (Å²) in [6, 6.07) is 11.7. The number of ether oxygens (including phenoxy) is 1. The summed E-state index contributed by atoms with van der Waals surface area (Å²) in [7, 11) is 0. The maximum absolute atomic E-state index is 12.8. The largest absolute Gasteiger partial charge is 0.378 e. The van der Waals surface area contributed by atoms with Gasteiger partial charge in [0.15, 0.2) is 0 Å². The molecule has 0 radical (unpaired) electrons. The molecule has 0 bridgehead atoms. The molecule has 6 heteroatoms. The molecule has 1 N–H and O–H groups in total. The standard InChI is InChI=1S/C20H24N4O2/c25-20(18-4-3-9-21-19(18)24-10-1-2-11-24)22-16-5-7-17(8-6-16)23-12-14-26-15-13-23/h3-9H,1-2,10-15H2,(H,22,25). The van der Waals surface area contributed by atoms with Crippen LogP contribution in [0, 0.1) is 0 Å². The van der Waals surface area contributed by atoms with Gasteiger partial charge in [0.05, 0.1) is 18.8 Å². The Bertz CT molecular complexity index is 751. The highest BCUT2D eigenvalue weighted by molar-refractivity contribution is 6.07. The van der Waals surface area contributed by atoms with Crippen molar-refractivity contribution in [3.63, 3.8) is 0 Å². The molecule has 3 heterocycles. The first-order valence-electron chi connectivity index (χ1n) is 9.25. The van der Waals surface area contributed by atoms with Gasteiger partial charge in [-0.25, -0.2) is 4.98 Å².